The average Bonchev–Trinajstić information content (AvgIpc) is 3.49. The van der Waals surface area contributed by atoms with Gasteiger partial charge in [0.05, 0.1) is 21.2 Å². The van der Waals surface area contributed by atoms with Crippen LogP contribution < -0.4 is 4.90 Å². The lowest BCUT2D eigenvalue weighted by molar-refractivity contribution is -0.143. The maximum atomic E-state index is 13.4. The van der Waals surface area contributed by atoms with Crippen LogP contribution in [0.4, 0.5) is 32.2 Å². The summed E-state index contributed by atoms with van der Waals surface area (Å²) in [6.45, 7) is 3.35. The summed E-state index contributed by atoms with van der Waals surface area (Å²) >= 11 is 12.4. The van der Waals surface area contributed by atoms with E-state index < -0.39 is 35.0 Å². The first-order valence-electron chi connectivity index (χ1n) is 13.8. The van der Waals surface area contributed by atoms with Crippen molar-refractivity contribution in [3.8, 4) is 0 Å². The molecule has 0 N–H and O–H groups in total. The van der Waals surface area contributed by atoms with E-state index in [0.717, 1.165) is 16.3 Å². The number of carbonyl (C=O) groups is 1. The Labute approximate surface area is 264 Å². The SMILES string of the molecule is CN(C[C@@H](CCN1CCN(c2nccn3ncnc23)CC1)c1ccc(Cl)c(Cl)c1)C(=O)c1cc(C(F)(F)F)cc(C(F)(F)F)c1. The standard InChI is InChI=1S/C29H27Cl2F6N7O/c1-41(27(45)20-12-21(28(32,33)34)15-22(13-20)29(35,36)37)16-19(18-2-3-23(30)24(31)14-18)4-6-42-8-10-43(11-9-42)25-26-39-17-40-44(26)7-5-38-25/h2-3,5,7,12-15,17,19H,4,6,8-11,16H2,1H3/t19-/m1/s1. The molecule has 240 valence electrons. The highest BCUT2D eigenvalue weighted by Crippen LogP contribution is 2.37. The predicted octanol–water partition coefficient (Wildman–Crippen LogP) is 6.54. The number of fused-ring (bicyclic) bond motifs is 1. The predicted molar refractivity (Wildman–Crippen MR) is 157 cm³/mol. The van der Waals surface area contributed by atoms with E-state index in [4.69, 9.17) is 23.2 Å². The second kappa shape index (κ2) is 13.0. The van der Waals surface area contributed by atoms with Gasteiger partial charge >= 0.3 is 12.4 Å². The van der Waals surface area contributed by atoms with Crippen molar-refractivity contribution >= 4 is 40.6 Å². The summed E-state index contributed by atoms with van der Waals surface area (Å²) in [5, 5.41) is 4.75. The van der Waals surface area contributed by atoms with Gasteiger partial charge in [-0.3, -0.25) is 9.69 Å². The van der Waals surface area contributed by atoms with Crippen molar-refractivity contribution in [3.63, 3.8) is 0 Å². The largest absolute Gasteiger partial charge is 0.416 e. The molecule has 0 unspecified atom stereocenters. The number of anilines is 1. The Hall–Kier alpha value is -3.62. The lowest BCUT2D eigenvalue weighted by atomic mass is 9.94. The molecule has 0 spiro atoms. The average molecular weight is 674 g/mol. The lowest BCUT2D eigenvalue weighted by Crippen LogP contribution is -2.47. The molecule has 2 aromatic carbocycles. The zero-order valence-electron chi connectivity index (χ0n) is 23.8. The van der Waals surface area contributed by atoms with E-state index >= 15 is 0 Å². The van der Waals surface area contributed by atoms with Gasteiger partial charge < -0.3 is 9.80 Å². The normalized spacial score (nSPS) is 15.4. The summed E-state index contributed by atoms with van der Waals surface area (Å²) in [4.78, 5) is 27.5. The molecule has 0 aliphatic carbocycles. The van der Waals surface area contributed by atoms with E-state index in [2.05, 4.69) is 24.9 Å². The molecule has 1 fully saturated rings. The summed E-state index contributed by atoms with van der Waals surface area (Å²) in [5.74, 6) is -0.599. The van der Waals surface area contributed by atoms with Crippen LogP contribution in [0.5, 0.6) is 0 Å². The highest BCUT2D eigenvalue weighted by Gasteiger charge is 2.38. The number of alkyl halides is 6. The zero-order chi connectivity index (χ0) is 32.5. The Kier molecular flexibility index (Phi) is 9.47. The number of hydrogen-bond acceptors (Lipinski definition) is 6. The molecule has 1 aliphatic heterocycles. The van der Waals surface area contributed by atoms with Crippen LogP contribution in [-0.4, -0.2) is 81.6 Å². The summed E-state index contributed by atoms with van der Waals surface area (Å²) in [5.41, 5.74) is -2.43. The molecule has 4 aromatic rings. The molecule has 3 heterocycles. The number of carbonyl (C=O) groups excluding carboxylic acids is 1. The quantitative estimate of drug-likeness (QED) is 0.198. The minimum Gasteiger partial charge on any atom is -0.351 e. The first-order chi connectivity index (χ1) is 21.2. The van der Waals surface area contributed by atoms with Gasteiger partial charge in [0.15, 0.2) is 11.5 Å². The Morgan fingerprint density at radius 1 is 0.933 bits per heavy atom. The van der Waals surface area contributed by atoms with Gasteiger partial charge in [0.1, 0.15) is 6.33 Å². The third kappa shape index (κ3) is 7.61. The van der Waals surface area contributed by atoms with Crippen LogP contribution >= 0.6 is 23.2 Å². The minimum absolute atomic E-state index is 0.00237. The highest BCUT2D eigenvalue weighted by atomic mass is 35.5. The third-order valence-electron chi connectivity index (χ3n) is 7.73. The number of aromatic nitrogens is 4. The van der Waals surface area contributed by atoms with E-state index in [1.807, 2.05) is 0 Å². The second-order valence-electron chi connectivity index (χ2n) is 10.7. The molecule has 1 atom stereocenters. The van der Waals surface area contributed by atoms with Crippen molar-refractivity contribution in [1.29, 1.82) is 0 Å². The molecule has 45 heavy (non-hydrogen) atoms. The van der Waals surface area contributed by atoms with Crippen molar-refractivity contribution in [1.82, 2.24) is 29.4 Å². The van der Waals surface area contributed by atoms with Gasteiger partial charge in [0.2, 0.25) is 0 Å². The molecule has 0 bridgehead atoms. The summed E-state index contributed by atoms with van der Waals surface area (Å²) in [7, 11) is 1.34. The van der Waals surface area contributed by atoms with E-state index in [9.17, 15) is 31.1 Å². The fraction of sp³-hybridized carbons (Fsp3) is 0.379. The topological polar surface area (TPSA) is 69.9 Å². The van der Waals surface area contributed by atoms with Gasteiger partial charge in [-0.15, -0.1) is 0 Å². The van der Waals surface area contributed by atoms with Gasteiger partial charge in [-0.25, -0.2) is 14.5 Å². The van der Waals surface area contributed by atoms with Gasteiger partial charge in [-0.2, -0.15) is 31.4 Å². The van der Waals surface area contributed by atoms with Crippen molar-refractivity contribution in [2.45, 2.75) is 24.7 Å². The van der Waals surface area contributed by atoms with Gasteiger partial charge in [-0.1, -0.05) is 29.3 Å². The summed E-state index contributed by atoms with van der Waals surface area (Å²) < 4.78 is 82.2. The monoisotopic (exact) mass is 673 g/mol. The van der Waals surface area contributed by atoms with Crippen LogP contribution in [0.1, 0.15) is 39.4 Å². The Morgan fingerprint density at radius 3 is 2.22 bits per heavy atom. The molecule has 0 radical (unpaired) electrons. The van der Waals surface area contributed by atoms with Crippen LogP contribution in [-0.2, 0) is 12.4 Å². The molecule has 16 heteroatoms. The van der Waals surface area contributed by atoms with Crippen LogP contribution in [0.2, 0.25) is 10.0 Å². The molecule has 0 saturated carbocycles. The molecule has 5 rings (SSSR count). The minimum atomic E-state index is -5.07. The van der Waals surface area contributed by atoms with Crippen molar-refractivity contribution in [2.75, 3.05) is 51.2 Å². The molecule has 1 amide bonds. The molecule has 8 nitrogen and oxygen atoms in total. The molecular weight excluding hydrogens is 647 g/mol. The molecule has 2 aromatic heterocycles. The number of benzene rings is 2. The first-order valence-corrected chi connectivity index (χ1v) is 14.6. The maximum absolute atomic E-state index is 13.4. The number of nitrogens with zero attached hydrogens (tertiary/aromatic N) is 7. The smallest absolute Gasteiger partial charge is 0.351 e. The van der Waals surface area contributed by atoms with Crippen LogP contribution in [0.3, 0.4) is 0 Å². The molecule has 1 aliphatic rings. The lowest BCUT2D eigenvalue weighted by Gasteiger charge is -2.36. The fourth-order valence-corrected chi connectivity index (χ4v) is 5.64. The van der Waals surface area contributed by atoms with Gasteiger partial charge in [-0.05, 0) is 48.9 Å². The fourth-order valence-electron chi connectivity index (χ4n) is 5.33. The summed E-state index contributed by atoms with van der Waals surface area (Å²) in [6, 6.07) is 5.88. The van der Waals surface area contributed by atoms with Crippen molar-refractivity contribution in [3.05, 3.63) is 87.4 Å². The Bertz CT molecular complexity index is 1640. The van der Waals surface area contributed by atoms with E-state index in [1.54, 1.807) is 35.1 Å². The van der Waals surface area contributed by atoms with E-state index in [0.29, 0.717) is 61.9 Å². The number of amides is 1. The van der Waals surface area contributed by atoms with Crippen molar-refractivity contribution in [2.24, 2.45) is 0 Å². The number of likely N-dealkylation sites (N-methyl/N-ethyl adjacent to an activating group) is 1. The highest BCUT2D eigenvalue weighted by molar-refractivity contribution is 6.42. The Morgan fingerprint density at radius 2 is 1.60 bits per heavy atom. The molecule has 1 saturated heterocycles. The summed E-state index contributed by atoms with van der Waals surface area (Å²) in [6.07, 6.45) is -4.78. The van der Waals surface area contributed by atoms with Crippen LogP contribution in [0, 0.1) is 0 Å². The zero-order valence-corrected chi connectivity index (χ0v) is 25.3. The van der Waals surface area contributed by atoms with Crippen molar-refractivity contribution < 1.29 is 31.1 Å². The van der Waals surface area contributed by atoms with Crippen LogP contribution in [0.15, 0.2) is 55.1 Å². The third-order valence-corrected chi connectivity index (χ3v) is 8.47. The van der Waals surface area contributed by atoms with Gasteiger partial charge in [0.25, 0.3) is 5.91 Å². The van der Waals surface area contributed by atoms with E-state index in [1.165, 1.54) is 13.4 Å². The number of rotatable bonds is 8. The number of hydrogen-bond donors (Lipinski definition) is 0. The van der Waals surface area contributed by atoms with Gasteiger partial charge in [0, 0.05) is 63.6 Å². The molecular formula is C29H27Cl2F6N7O. The van der Waals surface area contributed by atoms with Crippen LogP contribution in [0.25, 0.3) is 5.65 Å². The number of piperazine rings is 1. The Balaban J connectivity index is 1.30. The first kappa shape index (κ1) is 32.8. The maximum Gasteiger partial charge on any atom is 0.416 e. The number of halogens is 8. The van der Waals surface area contributed by atoms with E-state index in [-0.39, 0.29) is 23.6 Å². The second-order valence-corrected chi connectivity index (χ2v) is 11.6.